The zero-order valence-electron chi connectivity index (χ0n) is 6.77. The molecule has 2 nitrogen and oxygen atoms in total. The van der Waals surface area contributed by atoms with Gasteiger partial charge in [0.1, 0.15) is 11.5 Å². The Morgan fingerprint density at radius 2 is 2.07 bits per heavy atom. The monoisotopic (exact) mass is 204 g/mol. The molecule has 0 saturated carbocycles. The van der Waals surface area contributed by atoms with E-state index in [2.05, 4.69) is 4.98 Å². The highest BCUT2D eigenvalue weighted by molar-refractivity contribution is 5.25. The van der Waals surface area contributed by atoms with Gasteiger partial charge >= 0.3 is 6.18 Å². The third-order valence-corrected chi connectivity index (χ3v) is 1.47. The number of halogens is 4. The standard InChI is InChI=1S/C8H4F4N2/c9-6-3-5(1-2-13)7(14-4-6)8(10,11)12/h3-4H,1H2. The summed E-state index contributed by atoms with van der Waals surface area (Å²) in [5, 5.41) is 8.23. The molecule has 0 saturated heterocycles. The summed E-state index contributed by atoms with van der Waals surface area (Å²) < 4.78 is 49.1. The lowest BCUT2D eigenvalue weighted by Crippen LogP contribution is -2.12. The minimum absolute atomic E-state index is 0.444. The van der Waals surface area contributed by atoms with Crippen LogP contribution in [0.3, 0.4) is 0 Å². The Kier molecular flexibility index (Phi) is 2.70. The molecule has 0 N–H and O–H groups in total. The van der Waals surface area contributed by atoms with Crippen LogP contribution in [-0.2, 0) is 12.6 Å². The van der Waals surface area contributed by atoms with E-state index in [4.69, 9.17) is 5.26 Å². The number of hydrogen-bond donors (Lipinski definition) is 0. The van der Waals surface area contributed by atoms with E-state index in [9.17, 15) is 17.6 Å². The molecular weight excluding hydrogens is 200 g/mol. The number of aromatic nitrogens is 1. The van der Waals surface area contributed by atoms with Gasteiger partial charge in [-0.25, -0.2) is 9.37 Å². The van der Waals surface area contributed by atoms with Crippen molar-refractivity contribution in [1.29, 1.82) is 5.26 Å². The third kappa shape index (κ3) is 2.19. The van der Waals surface area contributed by atoms with Crippen LogP contribution in [0.2, 0.25) is 0 Å². The van der Waals surface area contributed by atoms with E-state index < -0.39 is 29.7 Å². The summed E-state index contributed by atoms with van der Waals surface area (Å²) in [5.41, 5.74) is -1.65. The highest BCUT2D eigenvalue weighted by atomic mass is 19.4. The highest BCUT2D eigenvalue weighted by Crippen LogP contribution is 2.30. The quantitative estimate of drug-likeness (QED) is 0.658. The molecular formula is C8H4F4N2. The topological polar surface area (TPSA) is 36.7 Å². The van der Waals surface area contributed by atoms with Gasteiger partial charge in [-0.2, -0.15) is 18.4 Å². The fourth-order valence-corrected chi connectivity index (χ4v) is 0.956. The molecule has 0 aliphatic rings. The minimum atomic E-state index is -4.65. The van der Waals surface area contributed by atoms with Gasteiger partial charge in [-0.3, -0.25) is 0 Å². The lowest BCUT2D eigenvalue weighted by Gasteiger charge is -2.08. The van der Waals surface area contributed by atoms with E-state index in [1.807, 2.05) is 0 Å². The van der Waals surface area contributed by atoms with Crippen molar-refractivity contribution in [1.82, 2.24) is 4.98 Å². The largest absolute Gasteiger partial charge is 0.433 e. The van der Waals surface area contributed by atoms with E-state index in [0.29, 0.717) is 12.3 Å². The summed E-state index contributed by atoms with van der Waals surface area (Å²) in [6.07, 6.45) is -4.69. The van der Waals surface area contributed by atoms with Gasteiger partial charge < -0.3 is 0 Å². The number of rotatable bonds is 1. The predicted octanol–water partition coefficient (Wildman–Crippen LogP) is 2.31. The SMILES string of the molecule is N#CCc1cc(F)cnc1C(F)(F)F. The molecule has 0 aliphatic heterocycles. The Labute approximate surface area is 76.8 Å². The molecule has 14 heavy (non-hydrogen) atoms. The predicted molar refractivity (Wildman–Crippen MR) is 38.5 cm³/mol. The molecule has 1 heterocycles. The maximum absolute atomic E-state index is 12.5. The highest BCUT2D eigenvalue weighted by Gasteiger charge is 2.35. The van der Waals surface area contributed by atoms with Gasteiger partial charge in [-0.05, 0) is 11.6 Å². The van der Waals surface area contributed by atoms with E-state index >= 15 is 0 Å². The Morgan fingerprint density at radius 1 is 1.43 bits per heavy atom. The number of nitriles is 1. The Bertz CT molecular complexity index is 378. The Morgan fingerprint density at radius 3 is 2.57 bits per heavy atom. The first-order chi connectivity index (χ1) is 6.45. The van der Waals surface area contributed by atoms with Crippen molar-refractivity contribution in [2.75, 3.05) is 0 Å². The summed E-state index contributed by atoms with van der Waals surface area (Å²) in [6.45, 7) is 0. The van der Waals surface area contributed by atoms with E-state index in [-0.39, 0.29) is 0 Å². The molecule has 0 aliphatic carbocycles. The van der Waals surface area contributed by atoms with Crippen LogP contribution in [0.25, 0.3) is 0 Å². The fourth-order valence-electron chi connectivity index (χ4n) is 0.956. The lowest BCUT2D eigenvalue weighted by molar-refractivity contribution is -0.141. The third-order valence-electron chi connectivity index (χ3n) is 1.47. The second-order valence-electron chi connectivity index (χ2n) is 2.49. The minimum Gasteiger partial charge on any atom is -0.248 e. The van der Waals surface area contributed by atoms with Crippen molar-refractivity contribution in [2.24, 2.45) is 0 Å². The Balaban J connectivity index is 3.23. The summed E-state index contributed by atoms with van der Waals surface area (Å²) in [6, 6.07) is 2.18. The molecule has 74 valence electrons. The van der Waals surface area contributed by atoms with Gasteiger partial charge in [-0.15, -0.1) is 0 Å². The van der Waals surface area contributed by atoms with Crippen LogP contribution < -0.4 is 0 Å². The molecule has 0 bridgehead atoms. The van der Waals surface area contributed by atoms with Gasteiger partial charge in [0.05, 0.1) is 18.7 Å². The molecule has 0 atom stereocenters. The van der Waals surface area contributed by atoms with Gasteiger partial charge in [0.2, 0.25) is 0 Å². The zero-order chi connectivity index (χ0) is 10.8. The molecule has 1 aromatic rings. The maximum atomic E-state index is 12.5. The molecule has 0 unspecified atom stereocenters. The van der Waals surface area contributed by atoms with Crippen LogP contribution in [0.15, 0.2) is 12.3 Å². The Hall–Kier alpha value is -1.64. The summed E-state index contributed by atoms with van der Waals surface area (Å²) in [4.78, 5) is 2.92. The first-order valence-corrected chi connectivity index (χ1v) is 3.53. The van der Waals surface area contributed by atoms with Crippen LogP contribution in [0, 0.1) is 17.1 Å². The van der Waals surface area contributed by atoms with Crippen LogP contribution in [-0.4, -0.2) is 4.98 Å². The normalized spacial score (nSPS) is 11.1. The second-order valence-corrected chi connectivity index (χ2v) is 2.49. The molecule has 0 radical (unpaired) electrons. The maximum Gasteiger partial charge on any atom is 0.433 e. The summed E-state index contributed by atoms with van der Waals surface area (Å²) >= 11 is 0. The first kappa shape index (κ1) is 10.4. The van der Waals surface area contributed by atoms with Gasteiger partial charge in [0, 0.05) is 0 Å². The van der Waals surface area contributed by atoms with Crippen molar-refractivity contribution in [3.8, 4) is 6.07 Å². The molecule has 1 rings (SSSR count). The van der Waals surface area contributed by atoms with Crippen molar-refractivity contribution in [3.63, 3.8) is 0 Å². The van der Waals surface area contributed by atoms with Gasteiger partial charge in [-0.1, -0.05) is 0 Å². The molecule has 6 heteroatoms. The van der Waals surface area contributed by atoms with Crippen molar-refractivity contribution < 1.29 is 17.6 Å². The number of nitrogens with zero attached hydrogens (tertiary/aromatic N) is 2. The van der Waals surface area contributed by atoms with E-state index in [1.165, 1.54) is 6.07 Å². The fraction of sp³-hybridized carbons (Fsp3) is 0.250. The lowest BCUT2D eigenvalue weighted by atomic mass is 10.1. The van der Waals surface area contributed by atoms with Crippen LogP contribution in [0.1, 0.15) is 11.3 Å². The van der Waals surface area contributed by atoms with Crippen LogP contribution in [0.5, 0.6) is 0 Å². The van der Waals surface area contributed by atoms with Crippen LogP contribution in [0.4, 0.5) is 17.6 Å². The van der Waals surface area contributed by atoms with Crippen molar-refractivity contribution in [3.05, 3.63) is 29.3 Å². The molecule has 0 fully saturated rings. The molecule has 0 amide bonds. The number of pyridine rings is 1. The van der Waals surface area contributed by atoms with Crippen molar-refractivity contribution >= 4 is 0 Å². The summed E-state index contributed by atoms with van der Waals surface area (Å²) in [5.74, 6) is -0.886. The molecule has 1 aromatic heterocycles. The van der Waals surface area contributed by atoms with Crippen LogP contribution >= 0.6 is 0 Å². The van der Waals surface area contributed by atoms with E-state index in [1.54, 1.807) is 0 Å². The number of hydrogen-bond acceptors (Lipinski definition) is 2. The van der Waals surface area contributed by atoms with Gasteiger partial charge in [0.25, 0.3) is 0 Å². The number of alkyl halides is 3. The van der Waals surface area contributed by atoms with Gasteiger partial charge in [0.15, 0.2) is 0 Å². The smallest absolute Gasteiger partial charge is 0.248 e. The summed E-state index contributed by atoms with van der Waals surface area (Å²) in [7, 11) is 0. The average molecular weight is 204 g/mol. The average Bonchev–Trinajstić information content (AvgIpc) is 2.02. The van der Waals surface area contributed by atoms with E-state index in [0.717, 1.165) is 0 Å². The second kappa shape index (κ2) is 3.62. The van der Waals surface area contributed by atoms with Crippen molar-refractivity contribution in [2.45, 2.75) is 12.6 Å². The molecule has 0 aromatic carbocycles. The zero-order valence-corrected chi connectivity index (χ0v) is 6.77. The first-order valence-electron chi connectivity index (χ1n) is 3.53. The molecule has 0 spiro atoms.